The third-order valence-corrected chi connectivity index (χ3v) is 3.10. The SMILES string of the molecule is O=C(C=Cc1ccccc1)NCCc1ccc(Cl)cc1. The molecule has 2 aromatic carbocycles. The second-order valence-corrected chi connectivity index (χ2v) is 4.85. The molecule has 0 atom stereocenters. The van der Waals surface area contributed by atoms with Gasteiger partial charge in [-0.1, -0.05) is 54.1 Å². The first-order valence-electron chi connectivity index (χ1n) is 6.49. The van der Waals surface area contributed by atoms with Crippen LogP contribution in [0.3, 0.4) is 0 Å². The fraction of sp³-hybridized carbons (Fsp3) is 0.118. The molecule has 0 saturated heterocycles. The Morgan fingerprint density at radius 1 is 1.05 bits per heavy atom. The highest BCUT2D eigenvalue weighted by molar-refractivity contribution is 6.30. The van der Waals surface area contributed by atoms with Crippen LogP contribution >= 0.6 is 11.6 Å². The monoisotopic (exact) mass is 285 g/mol. The summed E-state index contributed by atoms with van der Waals surface area (Å²) in [5, 5.41) is 3.58. The van der Waals surface area contributed by atoms with Gasteiger partial charge < -0.3 is 5.32 Å². The molecule has 0 aliphatic rings. The average molecular weight is 286 g/mol. The summed E-state index contributed by atoms with van der Waals surface area (Å²) < 4.78 is 0. The van der Waals surface area contributed by atoms with Crippen molar-refractivity contribution in [3.8, 4) is 0 Å². The van der Waals surface area contributed by atoms with Crippen LogP contribution < -0.4 is 5.32 Å². The van der Waals surface area contributed by atoms with Gasteiger partial charge in [-0.05, 0) is 35.8 Å². The van der Waals surface area contributed by atoms with E-state index in [0.717, 1.165) is 22.6 Å². The van der Waals surface area contributed by atoms with Gasteiger partial charge in [0.2, 0.25) is 5.91 Å². The molecule has 0 aromatic heterocycles. The van der Waals surface area contributed by atoms with E-state index in [4.69, 9.17) is 11.6 Å². The van der Waals surface area contributed by atoms with Gasteiger partial charge in [0.1, 0.15) is 0 Å². The van der Waals surface area contributed by atoms with Crippen molar-refractivity contribution in [3.05, 3.63) is 76.8 Å². The normalized spacial score (nSPS) is 10.7. The average Bonchev–Trinajstić information content (AvgIpc) is 2.48. The minimum absolute atomic E-state index is 0.0807. The lowest BCUT2D eigenvalue weighted by atomic mass is 10.1. The first-order valence-corrected chi connectivity index (χ1v) is 6.87. The Hall–Kier alpha value is -2.06. The van der Waals surface area contributed by atoms with Crippen molar-refractivity contribution in [3.63, 3.8) is 0 Å². The number of rotatable bonds is 5. The summed E-state index contributed by atoms with van der Waals surface area (Å²) in [5.74, 6) is -0.0807. The van der Waals surface area contributed by atoms with Crippen LogP contribution in [0.2, 0.25) is 5.02 Å². The first kappa shape index (κ1) is 14.4. The Balaban J connectivity index is 1.75. The molecule has 3 heteroatoms. The smallest absolute Gasteiger partial charge is 0.244 e. The number of carbonyl (C=O) groups is 1. The van der Waals surface area contributed by atoms with Crippen molar-refractivity contribution < 1.29 is 4.79 Å². The first-order chi connectivity index (χ1) is 9.74. The van der Waals surface area contributed by atoms with E-state index in [9.17, 15) is 4.79 Å². The van der Waals surface area contributed by atoms with E-state index < -0.39 is 0 Å². The highest BCUT2D eigenvalue weighted by Gasteiger charge is 1.97. The molecule has 0 radical (unpaired) electrons. The maximum atomic E-state index is 11.6. The maximum Gasteiger partial charge on any atom is 0.244 e. The predicted octanol–water partition coefficient (Wildman–Crippen LogP) is 3.71. The lowest BCUT2D eigenvalue weighted by molar-refractivity contribution is -0.116. The Morgan fingerprint density at radius 2 is 1.75 bits per heavy atom. The Labute approximate surface area is 124 Å². The van der Waals surface area contributed by atoms with Crippen molar-refractivity contribution in [1.29, 1.82) is 0 Å². The van der Waals surface area contributed by atoms with Crippen LogP contribution in [0.4, 0.5) is 0 Å². The highest BCUT2D eigenvalue weighted by atomic mass is 35.5. The number of carbonyl (C=O) groups excluding carboxylic acids is 1. The van der Waals surface area contributed by atoms with Gasteiger partial charge in [-0.25, -0.2) is 0 Å². The molecular weight excluding hydrogens is 270 g/mol. The lowest BCUT2D eigenvalue weighted by Crippen LogP contribution is -2.23. The zero-order valence-corrected chi connectivity index (χ0v) is 11.8. The second kappa shape index (κ2) is 7.51. The molecule has 2 aromatic rings. The van der Waals surface area contributed by atoms with Gasteiger partial charge in [-0.2, -0.15) is 0 Å². The maximum absolute atomic E-state index is 11.6. The summed E-state index contributed by atoms with van der Waals surface area (Å²) in [4.78, 5) is 11.6. The number of hydrogen-bond donors (Lipinski definition) is 1. The molecule has 0 unspecified atom stereocenters. The van der Waals surface area contributed by atoms with Gasteiger partial charge in [0.15, 0.2) is 0 Å². The molecule has 2 nitrogen and oxygen atoms in total. The van der Waals surface area contributed by atoms with Gasteiger partial charge in [0, 0.05) is 17.6 Å². The quantitative estimate of drug-likeness (QED) is 0.834. The number of nitrogens with one attached hydrogen (secondary N) is 1. The Bertz CT molecular complexity index is 576. The zero-order chi connectivity index (χ0) is 14.2. The van der Waals surface area contributed by atoms with Crippen molar-refractivity contribution in [2.24, 2.45) is 0 Å². The third kappa shape index (κ3) is 4.90. The summed E-state index contributed by atoms with van der Waals surface area (Å²) in [5.41, 5.74) is 2.17. The van der Waals surface area contributed by atoms with Gasteiger partial charge in [0.25, 0.3) is 0 Å². The molecule has 0 bridgehead atoms. The van der Waals surface area contributed by atoms with Crippen molar-refractivity contribution in [2.45, 2.75) is 6.42 Å². The largest absolute Gasteiger partial charge is 0.352 e. The highest BCUT2D eigenvalue weighted by Crippen LogP contribution is 2.09. The zero-order valence-electron chi connectivity index (χ0n) is 11.1. The van der Waals surface area contributed by atoms with Crippen LogP contribution in [0.15, 0.2) is 60.7 Å². The molecule has 0 saturated carbocycles. The van der Waals surface area contributed by atoms with E-state index in [2.05, 4.69) is 5.32 Å². The van der Waals surface area contributed by atoms with Gasteiger partial charge in [-0.15, -0.1) is 0 Å². The van der Waals surface area contributed by atoms with E-state index >= 15 is 0 Å². The minimum Gasteiger partial charge on any atom is -0.352 e. The summed E-state index contributed by atoms with van der Waals surface area (Å²) in [6.45, 7) is 0.611. The summed E-state index contributed by atoms with van der Waals surface area (Å²) in [7, 11) is 0. The fourth-order valence-electron chi connectivity index (χ4n) is 1.78. The molecule has 102 valence electrons. The molecule has 1 N–H and O–H groups in total. The van der Waals surface area contributed by atoms with Gasteiger partial charge >= 0.3 is 0 Å². The van der Waals surface area contributed by atoms with Crippen molar-refractivity contribution in [1.82, 2.24) is 5.32 Å². The minimum atomic E-state index is -0.0807. The summed E-state index contributed by atoms with van der Waals surface area (Å²) in [6, 6.07) is 17.4. The number of amides is 1. The Kier molecular flexibility index (Phi) is 5.39. The molecule has 1 amide bonds. The Morgan fingerprint density at radius 3 is 2.45 bits per heavy atom. The van der Waals surface area contributed by atoms with Crippen LogP contribution in [0, 0.1) is 0 Å². The second-order valence-electron chi connectivity index (χ2n) is 4.41. The summed E-state index contributed by atoms with van der Waals surface area (Å²) >= 11 is 5.82. The number of hydrogen-bond acceptors (Lipinski definition) is 1. The molecule has 20 heavy (non-hydrogen) atoms. The molecule has 0 aliphatic heterocycles. The van der Waals surface area contributed by atoms with Gasteiger partial charge in [0.05, 0.1) is 0 Å². The van der Waals surface area contributed by atoms with Crippen LogP contribution in [-0.4, -0.2) is 12.5 Å². The fourth-order valence-corrected chi connectivity index (χ4v) is 1.90. The lowest BCUT2D eigenvalue weighted by Gasteiger charge is -2.03. The standard InChI is InChI=1S/C17H16ClNO/c18-16-9-6-15(7-10-16)12-13-19-17(20)11-8-14-4-2-1-3-5-14/h1-11H,12-13H2,(H,19,20). The van der Waals surface area contributed by atoms with E-state index in [1.165, 1.54) is 0 Å². The molecular formula is C17H16ClNO. The number of benzene rings is 2. The van der Waals surface area contributed by atoms with Crippen LogP contribution in [-0.2, 0) is 11.2 Å². The molecule has 0 spiro atoms. The van der Waals surface area contributed by atoms with Gasteiger partial charge in [-0.3, -0.25) is 4.79 Å². The molecule has 0 aliphatic carbocycles. The van der Waals surface area contributed by atoms with E-state index in [-0.39, 0.29) is 5.91 Å². The number of halogens is 1. The third-order valence-electron chi connectivity index (χ3n) is 2.85. The predicted molar refractivity (Wildman–Crippen MR) is 83.6 cm³/mol. The van der Waals surface area contributed by atoms with E-state index in [1.807, 2.05) is 54.6 Å². The summed E-state index contributed by atoms with van der Waals surface area (Å²) in [6.07, 6.45) is 4.15. The van der Waals surface area contributed by atoms with Crippen LogP contribution in [0.1, 0.15) is 11.1 Å². The van der Waals surface area contributed by atoms with E-state index in [0.29, 0.717) is 6.54 Å². The molecule has 2 rings (SSSR count). The van der Waals surface area contributed by atoms with Crippen LogP contribution in [0.5, 0.6) is 0 Å². The van der Waals surface area contributed by atoms with Crippen molar-refractivity contribution >= 4 is 23.6 Å². The van der Waals surface area contributed by atoms with Crippen LogP contribution in [0.25, 0.3) is 6.08 Å². The van der Waals surface area contributed by atoms with Crippen molar-refractivity contribution in [2.75, 3.05) is 6.54 Å². The molecule has 0 fully saturated rings. The topological polar surface area (TPSA) is 29.1 Å². The van der Waals surface area contributed by atoms with E-state index in [1.54, 1.807) is 12.2 Å². The molecule has 0 heterocycles.